The fourth-order valence-electron chi connectivity index (χ4n) is 1.72. The van der Waals surface area contributed by atoms with Gasteiger partial charge in [0.2, 0.25) is 0 Å². The Morgan fingerprint density at radius 3 is 2.93 bits per heavy atom. The van der Waals surface area contributed by atoms with E-state index in [1.54, 1.807) is 6.07 Å². The van der Waals surface area contributed by atoms with Crippen LogP contribution in [0.25, 0.3) is 5.65 Å². The van der Waals surface area contributed by atoms with Crippen LogP contribution in [0.4, 0.5) is 4.39 Å². The van der Waals surface area contributed by atoms with Gasteiger partial charge < -0.3 is 4.40 Å². The number of rotatable bonds is 2. The Labute approximate surface area is 82.4 Å². The van der Waals surface area contributed by atoms with Gasteiger partial charge in [-0.1, -0.05) is 13.3 Å². The van der Waals surface area contributed by atoms with Crippen molar-refractivity contribution < 1.29 is 4.39 Å². The average molecular weight is 192 g/mol. The Hall–Kier alpha value is -1.38. The van der Waals surface area contributed by atoms with Gasteiger partial charge in [-0.25, -0.2) is 9.37 Å². The van der Waals surface area contributed by atoms with Crippen molar-refractivity contribution in [3.05, 3.63) is 35.5 Å². The highest BCUT2D eigenvalue weighted by Gasteiger charge is 2.07. The Kier molecular flexibility index (Phi) is 2.23. The summed E-state index contributed by atoms with van der Waals surface area (Å²) in [6.45, 7) is 4.08. The summed E-state index contributed by atoms with van der Waals surface area (Å²) in [4.78, 5) is 4.37. The Bertz CT molecular complexity index is 460. The number of fused-ring (bicyclic) bond motifs is 1. The van der Waals surface area contributed by atoms with Crippen molar-refractivity contribution in [3.63, 3.8) is 0 Å². The van der Waals surface area contributed by atoms with E-state index in [0.29, 0.717) is 0 Å². The van der Waals surface area contributed by atoms with Gasteiger partial charge in [0.1, 0.15) is 11.5 Å². The highest BCUT2D eigenvalue weighted by Crippen LogP contribution is 2.14. The third-order valence-electron chi connectivity index (χ3n) is 2.37. The number of aryl methyl sites for hydroxylation is 2. The van der Waals surface area contributed by atoms with Gasteiger partial charge in [-0.15, -0.1) is 0 Å². The molecule has 0 spiro atoms. The first-order valence-electron chi connectivity index (χ1n) is 4.85. The summed E-state index contributed by atoms with van der Waals surface area (Å²) in [6, 6.07) is 3.15. The molecule has 0 amide bonds. The molecule has 0 aliphatic heterocycles. The summed E-state index contributed by atoms with van der Waals surface area (Å²) >= 11 is 0. The molecule has 0 N–H and O–H groups in total. The summed E-state index contributed by atoms with van der Waals surface area (Å²) in [5.74, 6) is -0.216. The number of imidazole rings is 1. The van der Waals surface area contributed by atoms with Crippen LogP contribution >= 0.6 is 0 Å². The molecule has 0 saturated carbocycles. The number of halogens is 1. The van der Waals surface area contributed by atoms with Crippen LogP contribution in [0.3, 0.4) is 0 Å². The van der Waals surface area contributed by atoms with E-state index in [4.69, 9.17) is 0 Å². The summed E-state index contributed by atoms with van der Waals surface area (Å²) in [5.41, 5.74) is 2.94. The second-order valence-electron chi connectivity index (χ2n) is 3.47. The topological polar surface area (TPSA) is 17.3 Å². The maximum absolute atomic E-state index is 13.0. The predicted molar refractivity (Wildman–Crippen MR) is 53.9 cm³/mol. The summed E-state index contributed by atoms with van der Waals surface area (Å²) < 4.78 is 14.9. The molecule has 3 heteroatoms. The van der Waals surface area contributed by atoms with Gasteiger partial charge in [0.15, 0.2) is 0 Å². The molecule has 0 bridgehead atoms. The van der Waals surface area contributed by atoms with Gasteiger partial charge in [0.05, 0.1) is 5.69 Å². The van der Waals surface area contributed by atoms with Crippen molar-refractivity contribution in [3.8, 4) is 0 Å². The molecule has 0 saturated heterocycles. The van der Waals surface area contributed by atoms with Gasteiger partial charge in [0, 0.05) is 11.9 Å². The third-order valence-corrected chi connectivity index (χ3v) is 2.37. The van der Waals surface area contributed by atoms with Crippen molar-refractivity contribution in [2.75, 3.05) is 0 Å². The fraction of sp³-hybridized carbons (Fsp3) is 0.364. The first-order valence-corrected chi connectivity index (χ1v) is 4.85. The lowest BCUT2D eigenvalue weighted by molar-refractivity contribution is 0.617. The molecule has 0 aliphatic rings. The lowest BCUT2D eigenvalue weighted by atomic mass is 10.2. The molecular formula is C11H13FN2. The minimum atomic E-state index is -0.216. The molecule has 2 aromatic rings. The molecule has 0 fully saturated rings. The SMILES string of the molecule is CCCc1c(C)nc2ccc(F)cn12. The van der Waals surface area contributed by atoms with Crippen LogP contribution in [-0.2, 0) is 6.42 Å². The van der Waals surface area contributed by atoms with E-state index in [2.05, 4.69) is 11.9 Å². The van der Waals surface area contributed by atoms with E-state index in [9.17, 15) is 4.39 Å². The summed E-state index contributed by atoms with van der Waals surface area (Å²) in [7, 11) is 0. The zero-order chi connectivity index (χ0) is 10.1. The van der Waals surface area contributed by atoms with Crippen LogP contribution < -0.4 is 0 Å². The molecule has 2 nitrogen and oxygen atoms in total. The van der Waals surface area contributed by atoms with Gasteiger partial charge in [-0.2, -0.15) is 0 Å². The Balaban J connectivity index is 2.66. The maximum atomic E-state index is 13.0. The van der Waals surface area contributed by atoms with Crippen molar-refractivity contribution in [1.82, 2.24) is 9.38 Å². The monoisotopic (exact) mass is 192 g/mol. The number of hydrogen-bond acceptors (Lipinski definition) is 1. The average Bonchev–Trinajstić information content (AvgIpc) is 2.45. The van der Waals surface area contributed by atoms with E-state index in [-0.39, 0.29) is 5.82 Å². The zero-order valence-corrected chi connectivity index (χ0v) is 8.42. The highest BCUT2D eigenvalue weighted by atomic mass is 19.1. The molecule has 0 atom stereocenters. The maximum Gasteiger partial charge on any atom is 0.139 e. The Morgan fingerprint density at radius 2 is 2.21 bits per heavy atom. The van der Waals surface area contributed by atoms with Gasteiger partial charge >= 0.3 is 0 Å². The van der Waals surface area contributed by atoms with E-state index >= 15 is 0 Å². The van der Waals surface area contributed by atoms with Gasteiger partial charge in [-0.3, -0.25) is 0 Å². The first kappa shape index (κ1) is 9.19. The quantitative estimate of drug-likeness (QED) is 0.715. The van der Waals surface area contributed by atoms with Crippen LogP contribution in [0.5, 0.6) is 0 Å². The molecule has 0 aromatic carbocycles. The first-order chi connectivity index (χ1) is 6.72. The minimum absolute atomic E-state index is 0.216. The number of hydrogen-bond donors (Lipinski definition) is 0. The van der Waals surface area contributed by atoms with Crippen molar-refractivity contribution in [2.45, 2.75) is 26.7 Å². The predicted octanol–water partition coefficient (Wildman–Crippen LogP) is 2.73. The summed E-state index contributed by atoms with van der Waals surface area (Å²) in [6.07, 6.45) is 3.49. The molecule has 0 radical (unpaired) electrons. The third kappa shape index (κ3) is 1.39. The molecule has 2 rings (SSSR count). The molecule has 0 aliphatic carbocycles. The van der Waals surface area contributed by atoms with Crippen LogP contribution in [-0.4, -0.2) is 9.38 Å². The normalized spacial score (nSPS) is 11.1. The minimum Gasteiger partial charge on any atom is -0.301 e. The van der Waals surface area contributed by atoms with Crippen LogP contribution in [0.2, 0.25) is 0 Å². The molecular weight excluding hydrogens is 179 g/mol. The Morgan fingerprint density at radius 1 is 1.43 bits per heavy atom. The lowest BCUT2D eigenvalue weighted by Gasteiger charge is -2.00. The summed E-state index contributed by atoms with van der Waals surface area (Å²) in [5, 5.41) is 0. The largest absolute Gasteiger partial charge is 0.301 e. The number of aromatic nitrogens is 2. The van der Waals surface area contributed by atoms with E-state index < -0.39 is 0 Å². The van der Waals surface area contributed by atoms with Crippen LogP contribution in [0.1, 0.15) is 24.7 Å². The number of nitrogens with zero attached hydrogens (tertiary/aromatic N) is 2. The number of pyridine rings is 1. The van der Waals surface area contributed by atoms with E-state index in [1.165, 1.54) is 12.3 Å². The van der Waals surface area contributed by atoms with Crippen LogP contribution in [0, 0.1) is 12.7 Å². The van der Waals surface area contributed by atoms with Crippen molar-refractivity contribution >= 4 is 5.65 Å². The highest BCUT2D eigenvalue weighted by molar-refractivity contribution is 5.43. The second kappa shape index (κ2) is 3.40. The molecule has 2 heterocycles. The van der Waals surface area contributed by atoms with E-state index in [0.717, 1.165) is 29.9 Å². The lowest BCUT2D eigenvalue weighted by Crippen LogP contribution is -1.94. The molecule has 0 unspecified atom stereocenters. The van der Waals surface area contributed by atoms with Crippen molar-refractivity contribution in [1.29, 1.82) is 0 Å². The fourth-order valence-corrected chi connectivity index (χ4v) is 1.72. The van der Waals surface area contributed by atoms with Gasteiger partial charge in [0.25, 0.3) is 0 Å². The zero-order valence-electron chi connectivity index (χ0n) is 8.42. The molecule has 14 heavy (non-hydrogen) atoms. The van der Waals surface area contributed by atoms with Crippen LogP contribution in [0.15, 0.2) is 18.3 Å². The standard InChI is InChI=1S/C11H13FN2/c1-3-4-10-8(2)13-11-6-5-9(12)7-14(10)11/h5-7H,3-4H2,1-2H3. The van der Waals surface area contributed by atoms with Gasteiger partial charge in [-0.05, 0) is 25.5 Å². The second-order valence-corrected chi connectivity index (χ2v) is 3.47. The van der Waals surface area contributed by atoms with E-state index in [1.807, 2.05) is 11.3 Å². The smallest absolute Gasteiger partial charge is 0.139 e. The molecule has 2 aromatic heterocycles. The van der Waals surface area contributed by atoms with Crippen molar-refractivity contribution in [2.24, 2.45) is 0 Å². The molecule has 74 valence electrons.